The largest absolute Gasteiger partial charge is 0.394 e. The summed E-state index contributed by atoms with van der Waals surface area (Å²) in [6, 6.07) is -0.649. The number of hydrogen-bond acceptors (Lipinski definition) is 3. The topological polar surface area (TPSA) is 69.6 Å². The van der Waals surface area contributed by atoms with E-state index < -0.39 is 12.1 Å². The monoisotopic (exact) mass is 1010 g/mol. The Morgan fingerprint density at radius 3 is 0.959 bits per heavy atom. The zero-order valence-corrected chi connectivity index (χ0v) is 48.4. The van der Waals surface area contributed by atoms with E-state index in [1.165, 1.54) is 205 Å². The van der Waals surface area contributed by atoms with Crippen LogP contribution in [-0.4, -0.2) is 34.9 Å². The summed E-state index contributed by atoms with van der Waals surface area (Å²) in [5.74, 6) is -0.0762. The molecule has 0 aliphatic carbocycles. The average molecular weight is 1010 g/mol. The Morgan fingerprint density at radius 2 is 0.616 bits per heavy atom. The van der Waals surface area contributed by atoms with Crippen molar-refractivity contribution in [1.82, 2.24) is 5.32 Å². The van der Waals surface area contributed by atoms with E-state index in [0.29, 0.717) is 6.42 Å². The van der Waals surface area contributed by atoms with Crippen LogP contribution in [0, 0.1) is 0 Å². The summed E-state index contributed by atoms with van der Waals surface area (Å²) in [5.41, 5.74) is 0. The van der Waals surface area contributed by atoms with Gasteiger partial charge in [-0.05, 0) is 96.3 Å². The molecule has 0 spiro atoms. The summed E-state index contributed by atoms with van der Waals surface area (Å²) < 4.78 is 0. The van der Waals surface area contributed by atoms with Crippen LogP contribution in [0.2, 0.25) is 0 Å². The number of amides is 1. The number of aliphatic hydroxyl groups excluding tert-OH is 2. The molecule has 0 aliphatic rings. The van der Waals surface area contributed by atoms with Gasteiger partial charge < -0.3 is 15.5 Å². The van der Waals surface area contributed by atoms with Gasteiger partial charge in [0.25, 0.3) is 0 Å². The maximum absolute atomic E-state index is 12.5. The molecule has 0 radical (unpaired) electrons. The highest BCUT2D eigenvalue weighted by Crippen LogP contribution is 2.17. The number of nitrogens with one attached hydrogen (secondary N) is 1. The molecule has 1 amide bonds. The maximum Gasteiger partial charge on any atom is 0.220 e. The lowest BCUT2D eigenvalue weighted by Gasteiger charge is -2.19. The van der Waals surface area contributed by atoms with Gasteiger partial charge in [-0.1, -0.05) is 309 Å². The van der Waals surface area contributed by atoms with E-state index in [-0.39, 0.29) is 12.5 Å². The molecule has 2 unspecified atom stereocenters. The summed E-state index contributed by atoms with van der Waals surface area (Å²) in [7, 11) is 0. The Balaban J connectivity index is 3.49. The molecule has 420 valence electrons. The van der Waals surface area contributed by atoms with Gasteiger partial charge in [-0.2, -0.15) is 0 Å². The molecule has 0 saturated heterocycles. The molecule has 4 heteroatoms. The standard InChI is InChI=1S/C69H121NO3/c1-3-5-7-9-11-13-15-17-19-21-23-25-26-27-28-29-30-31-32-33-34-35-36-37-38-39-40-41-42-43-44-45-47-49-51-53-55-57-59-61-63-65-69(73)70-67(66-71)68(72)64-62-60-58-56-54-52-50-48-46-24-22-20-18-16-14-12-10-8-6-4-2/h5,7,11,13,17,19,23,25,27-28,30-31,46,48,54,56,62,64,67-68,71-72H,3-4,6,8-10,12,14-16,18,20-22,24,26,29,32-45,47,49-53,55,57-61,63,65-66H2,1-2H3,(H,70,73)/b7-5-,13-11-,19-17-,25-23-,28-27-,31-30-,48-46+,56-54+,64-62+. The highest BCUT2D eigenvalue weighted by Gasteiger charge is 2.18. The Bertz CT molecular complexity index is 1380. The van der Waals surface area contributed by atoms with Crippen molar-refractivity contribution in [2.24, 2.45) is 0 Å². The first kappa shape index (κ1) is 70.1. The molecule has 3 N–H and O–H groups in total. The van der Waals surface area contributed by atoms with E-state index >= 15 is 0 Å². The van der Waals surface area contributed by atoms with Crippen molar-refractivity contribution in [2.45, 2.75) is 315 Å². The Kier molecular flexibility index (Phi) is 60.8. The van der Waals surface area contributed by atoms with Crippen LogP contribution >= 0.6 is 0 Å². The highest BCUT2D eigenvalue weighted by molar-refractivity contribution is 5.76. The molecule has 4 nitrogen and oxygen atoms in total. The lowest BCUT2D eigenvalue weighted by molar-refractivity contribution is -0.123. The predicted octanol–water partition coefficient (Wildman–Crippen LogP) is 21.4. The van der Waals surface area contributed by atoms with Crippen LogP contribution in [-0.2, 0) is 4.79 Å². The average Bonchev–Trinajstić information content (AvgIpc) is 3.40. The Morgan fingerprint density at radius 1 is 0.342 bits per heavy atom. The van der Waals surface area contributed by atoms with Crippen LogP contribution in [0.15, 0.2) is 109 Å². The zero-order valence-electron chi connectivity index (χ0n) is 48.4. The SMILES string of the molecule is CC/C=C\C/C=C\C/C=C\C/C=C\C/C=C\C/C=C\CCCCCCCCCCCCCCCCCCCCCCCCC(=O)NC(CO)C(O)/C=C/CC/C=C/CC/C=C/CCCCCCCCCCCC. The van der Waals surface area contributed by atoms with Crippen molar-refractivity contribution < 1.29 is 15.0 Å². The normalized spacial score (nSPS) is 13.5. The van der Waals surface area contributed by atoms with Crippen molar-refractivity contribution in [1.29, 1.82) is 0 Å². The number of aliphatic hydroxyl groups is 2. The van der Waals surface area contributed by atoms with E-state index in [4.69, 9.17) is 0 Å². The quantitative estimate of drug-likeness (QED) is 0.0420. The number of carbonyl (C=O) groups is 1. The Labute approximate surface area is 455 Å². The van der Waals surface area contributed by atoms with Gasteiger partial charge in [0, 0.05) is 6.42 Å². The molecule has 0 heterocycles. The third kappa shape index (κ3) is 59.8. The summed E-state index contributed by atoms with van der Waals surface area (Å²) in [6.07, 6.45) is 95.7. The fourth-order valence-corrected chi connectivity index (χ4v) is 9.22. The van der Waals surface area contributed by atoms with E-state index in [1.54, 1.807) is 6.08 Å². The van der Waals surface area contributed by atoms with Crippen molar-refractivity contribution in [2.75, 3.05) is 6.61 Å². The van der Waals surface area contributed by atoms with Crippen LogP contribution in [0.25, 0.3) is 0 Å². The van der Waals surface area contributed by atoms with E-state index in [2.05, 4.69) is 116 Å². The molecule has 0 aromatic carbocycles. The number of unbranched alkanes of at least 4 members (excludes halogenated alkanes) is 34. The van der Waals surface area contributed by atoms with E-state index in [0.717, 1.165) is 77.0 Å². The third-order valence-electron chi connectivity index (χ3n) is 14.0. The molecule has 0 fully saturated rings. The van der Waals surface area contributed by atoms with Crippen LogP contribution < -0.4 is 5.32 Å². The molecule has 0 aliphatic heterocycles. The summed E-state index contributed by atoms with van der Waals surface area (Å²) in [6.45, 7) is 4.19. The minimum absolute atomic E-state index is 0.0762. The van der Waals surface area contributed by atoms with Crippen LogP contribution in [0.4, 0.5) is 0 Å². The van der Waals surface area contributed by atoms with E-state index in [1.807, 2.05) is 6.08 Å². The second-order valence-electron chi connectivity index (χ2n) is 21.1. The fraction of sp³-hybridized carbons (Fsp3) is 0.725. The fourth-order valence-electron chi connectivity index (χ4n) is 9.22. The molecule has 0 aromatic heterocycles. The van der Waals surface area contributed by atoms with Gasteiger partial charge in [0.05, 0.1) is 18.8 Å². The Hall–Kier alpha value is -2.95. The zero-order chi connectivity index (χ0) is 52.7. The minimum atomic E-state index is -0.874. The molecule has 0 bridgehead atoms. The van der Waals surface area contributed by atoms with Gasteiger partial charge in [-0.25, -0.2) is 0 Å². The molecular formula is C69H121NO3. The molecular weight excluding hydrogens is 891 g/mol. The minimum Gasteiger partial charge on any atom is -0.394 e. The molecule has 0 aromatic rings. The number of rotatable bonds is 57. The summed E-state index contributed by atoms with van der Waals surface area (Å²) >= 11 is 0. The second-order valence-corrected chi connectivity index (χ2v) is 21.1. The highest BCUT2D eigenvalue weighted by atomic mass is 16.3. The van der Waals surface area contributed by atoms with Crippen molar-refractivity contribution in [3.63, 3.8) is 0 Å². The first-order chi connectivity index (χ1) is 36.2. The predicted molar refractivity (Wildman–Crippen MR) is 326 cm³/mol. The lowest BCUT2D eigenvalue weighted by Crippen LogP contribution is -2.45. The van der Waals surface area contributed by atoms with Gasteiger partial charge in [0.2, 0.25) is 5.91 Å². The molecule has 2 atom stereocenters. The van der Waals surface area contributed by atoms with Gasteiger partial charge in [0.1, 0.15) is 0 Å². The van der Waals surface area contributed by atoms with Crippen molar-refractivity contribution in [3.05, 3.63) is 109 Å². The second kappa shape index (κ2) is 63.3. The van der Waals surface area contributed by atoms with Crippen LogP contribution in [0.1, 0.15) is 303 Å². The number of hydrogen-bond donors (Lipinski definition) is 3. The van der Waals surface area contributed by atoms with E-state index in [9.17, 15) is 15.0 Å². The summed E-state index contributed by atoms with van der Waals surface area (Å²) in [5, 5.41) is 23.2. The van der Waals surface area contributed by atoms with Gasteiger partial charge in [-0.3, -0.25) is 4.79 Å². The van der Waals surface area contributed by atoms with Crippen molar-refractivity contribution in [3.8, 4) is 0 Å². The first-order valence-electron chi connectivity index (χ1n) is 31.6. The third-order valence-corrected chi connectivity index (χ3v) is 14.0. The van der Waals surface area contributed by atoms with Crippen LogP contribution in [0.3, 0.4) is 0 Å². The lowest BCUT2D eigenvalue weighted by atomic mass is 10.0. The molecule has 73 heavy (non-hydrogen) atoms. The maximum atomic E-state index is 12.5. The molecule has 0 rings (SSSR count). The molecule has 0 saturated carbocycles. The van der Waals surface area contributed by atoms with Gasteiger partial charge in [-0.15, -0.1) is 0 Å². The van der Waals surface area contributed by atoms with Gasteiger partial charge in [0.15, 0.2) is 0 Å². The van der Waals surface area contributed by atoms with Gasteiger partial charge >= 0.3 is 0 Å². The number of allylic oxidation sites excluding steroid dienone is 17. The smallest absolute Gasteiger partial charge is 0.220 e. The van der Waals surface area contributed by atoms with Crippen LogP contribution in [0.5, 0.6) is 0 Å². The number of carbonyl (C=O) groups excluding carboxylic acids is 1. The van der Waals surface area contributed by atoms with Crippen molar-refractivity contribution >= 4 is 5.91 Å². The first-order valence-corrected chi connectivity index (χ1v) is 31.6. The summed E-state index contributed by atoms with van der Waals surface area (Å²) in [4.78, 5) is 12.5.